The van der Waals surface area contributed by atoms with E-state index in [4.69, 9.17) is 0 Å². The van der Waals surface area contributed by atoms with Gasteiger partial charge in [0.2, 0.25) is 5.91 Å². The van der Waals surface area contributed by atoms with Crippen LogP contribution in [0.25, 0.3) is 0 Å². The molecule has 2 aliphatic rings. The fourth-order valence-corrected chi connectivity index (χ4v) is 3.62. The molecule has 1 aromatic rings. The number of nitro benzene ring substituents is 1. The highest BCUT2D eigenvalue weighted by Crippen LogP contribution is 2.30. The third kappa shape index (κ3) is 3.84. The minimum atomic E-state index is -0.695. The Morgan fingerprint density at radius 2 is 2.29 bits per heavy atom. The molecule has 1 unspecified atom stereocenters. The Bertz CT molecular complexity index is 708. The molecule has 1 saturated carbocycles. The van der Waals surface area contributed by atoms with Gasteiger partial charge in [0.15, 0.2) is 5.17 Å². The van der Waals surface area contributed by atoms with Crippen molar-refractivity contribution in [3.63, 3.8) is 0 Å². The number of rotatable bonds is 5. The third-order valence-corrected chi connectivity index (χ3v) is 5.15. The molecule has 2 fully saturated rings. The lowest BCUT2D eigenvalue weighted by Crippen LogP contribution is -2.33. The zero-order chi connectivity index (χ0) is 17.3. The van der Waals surface area contributed by atoms with Crippen LogP contribution < -0.4 is 5.32 Å². The number of halogens is 1. The van der Waals surface area contributed by atoms with Crippen LogP contribution in [0.1, 0.15) is 19.3 Å². The lowest BCUT2D eigenvalue weighted by molar-refractivity contribution is -0.384. The molecule has 1 N–H and O–H groups in total. The molecular formula is C15H17FN4O3S. The average molecular weight is 352 g/mol. The predicted octanol–water partition coefficient (Wildman–Crippen LogP) is 2.63. The molecule has 1 saturated heterocycles. The second-order valence-electron chi connectivity index (χ2n) is 5.89. The molecule has 0 bridgehead atoms. The molecule has 128 valence electrons. The van der Waals surface area contributed by atoms with E-state index in [1.54, 1.807) is 11.8 Å². The van der Waals surface area contributed by atoms with Crippen molar-refractivity contribution >= 4 is 34.2 Å². The Morgan fingerprint density at radius 3 is 2.96 bits per heavy atom. The van der Waals surface area contributed by atoms with E-state index >= 15 is 0 Å². The normalized spacial score (nSPS) is 22.0. The number of amides is 1. The molecule has 3 rings (SSSR count). The quantitative estimate of drug-likeness (QED) is 0.650. The van der Waals surface area contributed by atoms with E-state index in [0.717, 1.165) is 42.0 Å². The van der Waals surface area contributed by atoms with Crippen LogP contribution in [0.3, 0.4) is 0 Å². The zero-order valence-electron chi connectivity index (χ0n) is 13.1. The van der Waals surface area contributed by atoms with Crippen LogP contribution in [0, 0.1) is 15.9 Å². The summed E-state index contributed by atoms with van der Waals surface area (Å²) in [4.78, 5) is 28.9. The molecule has 1 heterocycles. The Morgan fingerprint density at radius 1 is 1.54 bits per heavy atom. The first-order chi connectivity index (χ1) is 11.4. The lowest BCUT2D eigenvalue weighted by atomic mass is 10.2. The molecule has 1 amide bonds. The van der Waals surface area contributed by atoms with Crippen molar-refractivity contribution < 1.29 is 14.1 Å². The number of nitrogens with one attached hydrogen (secondary N) is 1. The molecule has 1 aliphatic heterocycles. The lowest BCUT2D eigenvalue weighted by Gasteiger charge is -2.20. The monoisotopic (exact) mass is 352 g/mol. The Hall–Kier alpha value is -2.16. The fourth-order valence-electron chi connectivity index (χ4n) is 2.36. The van der Waals surface area contributed by atoms with Crippen LogP contribution >= 0.6 is 11.8 Å². The molecule has 24 heavy (non-hydrogen) atoms. The van der Waals surface area contributed by atoms with Gasteiger partial charge in [-0.25, -0.2) is 4.39 Å². The van der Waals surface area contributed by atoms with Crippen LogP contribution in [0.4, 0.5) is 15.8 Å². The van der Waals surface area contributed by atoms with Crippen LogP contribution in [-0.4, -0.2) is 45.8 Å². The Labute approximate surface area is 142 Å². The van der Waals surface area contributed by atoms with Gasteiger partial charge in [0, 0.05) is 37.4 Å². The molecular weight excluding hydrogens is 335 g/mol. The SMILES string of the molecule is CN1C(=NC2CC2)SCC1CC(=O)Nc1cc([N+](=O)[O-])ccc1F. The van der Waals surface area contributed by atoms with Crippen LogP contribution in [0.5, 0.6) is 0 Å². The second-order valence-corrected chi connectivity index (χ2v) is 6.88. The third-order valence-electron chi connectivity index (χ3n) is 3.95. The van der Waals surface area contributed by atoms with Crippen LogP contribution in [-0.2, 0) is 4.79 Å². The maximum Gasteiger partial charge on any atom is 0.271 e. The molecule has 7 nitrogen and oxygen atoms in total. The second kappa shape index (κ2) is 6.76. The van der Waals surface area contributed by atoms with E-state index < -0.39 is 10.7 Å². The first-order valence-corrected chi connectivity index (χ1v) is 8.60. The van der Waals surface area contributed by atoms with Gasteiger partial charge in [-0.05, 0) is 18.9 Å². The number of thioether (sulfide) groups is 1. The molecule has 0 aromatic heterocycles. The highest BCUT2D eigenvalue weighted by molar-refractivity contribution is 8.14. The summed E-state index contributed by atoms with van der Waals surface area (Å²) in [5.74, 6) is -0.328. The number of nitro groups is 1. The van der Waals surface area contributed by atoms with E-state index in [-0.39, 0.29) is 29.7 Å². The minimum absolute atomic E-state index is 0.0192. The number of aliphatic imine (C=N–C) groups is 1. The van der Waals surface area contributed by atoms with Crippen LogP contribution in [0.2, 0.25) is 0 Å². The summed E-state index contributed by atoms with van der Waals surface area (Å²) in [5.41, 5.74) is -0.437. The van der Waals surface area contributed by atoms with Gasteiger partial charge < -0.3 is 10.2 Å². The molecule has 1 atom stereocenters. The van der Waals surface area contributed by atoms with Gasteiger partial charge >= 0.3 is 0 Å². The zero-order valence-corrected chi connectivity index (χ0v) is 13.9. The van der Waals surface area contributed by atoms with Crippen molar-refractivity contribution in [3.05, 3.63) is 34.1 Å². The van der Waals surface area contributed by atoms with Gasteiger partial charge in [0.1, 0.15) is 5.82 Å². The maximum absolute atomic E-state index is 13.7. The molecule has 1 aromatic carbocycles. The smallest absolute Gasteiger partial charge is 0.271 e. The first kappa shape index (κ1) is 16.7. The highest BCUT2D eigenvalue weighted by Gasteiger charge is 2.31. The van der Waals surface area contributed by atoms with E-state index in [1.165, 1.54) is 0 Å². The first-order valence-electron chi connectivity index (χ1n) is 7.61. The number of carbonyl (C=O) groups excluding carboxylic acids is 1. The minimum Gasteiger partial charge on any atom is -0.350 e. The standard InChI is InChI=1S/C15H17FN4O3S/c1-19-11(8-24-15(19)17-9-2-3-9)7-14(21)18-13-6-10(20(22)23)4-5-12(13)16/h4-6,9,11H,2-3,7-8H2,1H3,(H,18,21). The van der Waals surface area contributed by atoms with E-state index in [2.05, 4.69) is 10.3 Å². The average Bonchev–Trinajstić information content (AvgIpc) is 3.29. The number of nitrogens with zero attached hydrogens (tertiary/aromatic N) is 3. The summed E-state index contributed by atoms with van der Waals surface area (Å²) in [6.07, 6.45) is 2.42. The number of benzene rings is 1. The summed E-state index contributed by atoms with van der Waals surface area (Å²) in [6, 6.07) is 3.47. The van der Waals surface area contributed by atoms with Gasteiger partial charge in [0.25, 0.3) is 5.69 Å². The summed E-state index contributed by atoms with van der Waals surface area (Å²) < 4.78 is 13.7. The number of hydrogen-bond acceptors (Lipinski definition) is 5. The Kier molecular flexibility index (Phi) is 4.70. The molecule has 0 spiro atoms. The van der Waals surface area contributed by atoms with Gasteiger partial charge in [-0.1, -0.05) is 11.8 Å². The van der Waals surface area contributed by atoms with Crippen molar-refractivity contribution in [3.8, 4) is 0 Å². The predicted molar refractivity (Wildman–Crippen MR) is 90.8 cm³/mol. The molecule has 0 radical (unpaired) electrons. The van der Waals surface area contributed by atoms with Crippen LogP contribution in [0.15, 0.2) is 23.2 Å². The van der Waals surface area contributed by atoms with E-state index in [0.29, 0.717) is 6.04 Å². The van der Waals surface area contributed by atoms with Gasteiger partial charge in [0.05, 0.1) is 16.7 Å². The summed E-state index contributed by atoms with van der Waals surface area (Å²) in [7, 11) is 1.90. The largest absolute Gasteiger partial charge is 0.350 e. The maximum atomic E-state index is 13.7. The number of amidine groups is 1. The number of carbonyl (C=O) groups is 1. The molecule has 9 heteroatoms. The Balaban J connectivity index is 1.62. The van der Waals surface area contributed by atoms with Crippen molar-refractivity contribution in [2.45, 2.75) is 31.3 Å². The van der Waals surface area contributed by atoms with Gasteiger partial charge in [-0.2, -0.15) is 0 Å². The number of hydrogen-bond donors (Lipinski definition) is 1. The van der Waals surface area contributed by atoms with E-state index in [9.17, 15) is 19.3 Å². The highest BCUT2D eigenvalue weighted by atomic mass is 32.2. The number of non-ortho nitro benzene ring substituents is 1. The fraction of sp³-hybridized carbons (Fsp3) is 0.467. The topological polar surface area (TPSA) is 87.8 Å². The van der Waals surface area contributed by atoms with Crippen molar-refractivity contribution in [2.75, 3.05) is 18.1 Å². The van der Waals surface area contributed by atoms with Crippen molar-refractivity contribution in [1.29, 1.82) is 0 Å². The summed E-state index contributed by atoms with van der Waals surface area (Å²) in [5, 5.41) is 14.1. The molecule has 1 aliphatic carbocycles. The van der Waals surface area contributed by atoms with Crippen molar-refractivity contribution in [2.24, 2.45) is 4.99 Å². The summed E-state index contributed by atoms with van der Waals surface area (Å²) in [6.45, 7) is 0. The van der Waals surface area contributed by atoms with Gasteiger partial charge in [-0.15, -0.1) is 0 Å². The van der Waals surface area contributed by atoms with Crippen molar-refractivity contribution in [1.82, 2.24) is 4.90 Å². The number of anilines is 1. The summed E-state index contributed by atoms with van der Waals surface area (Å²) >= 11 is 1.62. The van der Waals surface area contributed by atoms with Gasteiger partial charge in [-0.3, -0.25) is 19.9 Å². The van der Waals surface area contributed by atoms with E-state index in [1.807, 2.05) is 11.9 Å².